The first-order valence-corrected chi connectivity index (χ1v) is 9.17. The summed E-state index contributed by atoms with van der Waals surface area (Å²) in [6.45, 7) is 9.63. The van der Waals surface area contributed by atoms with Crippen LogP contribution in [0.15, 0.2) is 30.3 Å². The molecule has 0 aliphatic heterocycles. The van der Waals surface area contributed by atoms with E-state index in [0.717, 1.165) is 0 Å². The van der Waals surface area contributed by atoms with Gasteiger partial charge in [0.1, 0.15) is 0 Å². The zero-order chi connectivity index (χ0) is 12.3. The van der Waals surface area contributed by atoms with Gasteiger partial charge in [-0.2, -0.15) is 0 Å². The molecular formula is C14H25NSi. The molecule has 16 heavy (non-hydrogen) atoms. The maximum absolute atomic E-state index is 2.48. The van der Waals surface area contributed by atoms with Crippen LogP contribution in [0.4, 0.5) is 0 Å². The molecule has 1 aromatic rings. The van der Waals surface area contributed by atoms with Crippen molar-refractivity contribution in [2.24, 2.45) is 5.92 Å². The van der Waals surface area contributed by atoms with Gasteiger partial charge >= 0.3 is 0 Å². The Bertz CT molecular complexity index is 309. The van der Waals surface area contributed by atoms with Gasteiger partial charge in [-0.1, -0.05) is 62.5 Å². The van der Waals surface area contributed by atoms with E-state index in [1.54, 1.807) is 5.19 Å². The number of hydrogen-bond acceptors (Lipinski definition) is 1. The number of rotatable bonds is 4. The van der Waals surface area contributed by atoms with Crippen LogP contribution in [0.2, 0.25) is 13.1 Å². The molecule has 1 atom stereocenters. The van der Waals surface area contributed by atoms with Crippen LogP contribution in [0.25, 0.3) is 0 Å². The van der Waals surface area contributed by atoms with E-state index in [4.69, 9.17) is 0 Å². The average molecular weight is 235 g/mol. The van der Waals surface area contributed by atoms with Gasteiger partial charge in [-0.05, 0) is 20.0 Å². The third-order valence-corrected chi connectivity index (χ3v) is 7.93. The minimum atomic E-state index is -1.41. The highest BCUT2D eigenvalue weighted by Gasteiger charge is 2.36. The highest BCUT2D eigenvalue weighted by atomic mass is 28.3. The molecule has 0 radical (unpaired) electrons. The van der Waals surface area contributed by atoms with Crippen LogP contribution in [0.1, 0.15) is 13.8 Å². The first-order chi connectivity index (χ1) is 7.37. The van der Waals surface area contributed by atoms with E-state index in [1.165, 1.54) is 0 Å². The summed E-state index contributed by atoms with van der Waals surface area (Å²) >= 11 is 0. The number of benzene rings is 1. The fourth-order valence-electron chi connectivity index (χ4n) is 3.11. The van der Waals surface area contributed by atoms with Crippen LogP contribution in [0.3, 0.4) is 0 Å². The smallest absolute Gasteiger partial charge is 0.0990 e. The summed E-state index contributed by atoms with van der Waals surface area (Å²) < 4.78 is 0. The summed E-state index contributed by atoms with van der Waals surface area (Å²) in [5.74, 6) is 0.705. The van der Waals surface area contributed by atoms with Gasteiger partial charge in [0.15, 0.2) is 0 Å². The molecule has 0 saturated heterocycles. The Hall–Kier alpha value is -0.603. The second-order valence-corrected chi connectivity index (χ2v) is 10.4. The van der Waals surface area contributed by atoms with Crippen molar-refractivity contribution < 1.29 is 0 Å². The Morgan fingerprint density at radius 2 is 1.50 bits per heavy atom. The molecule has 0 aliphatic rings. The first kappa shape index (κ1) is 13.5. The molecule has 0 saturated carbocycles. The molecule has 0 N–H and O–H groups in total. The lowest BCUT2D eigenvalue weighted by Crippen LogP contribution is -2.60. The highest BCUT2D eigenvalue weighted by molar-refractivity contribution is 6.91. The Balaban J connectivity index is 3.08. The molecule has 2 heteroatoms. The summed E-state index contributed by atoms with van der Waals surface area (Å²) in [4.78, 5) is 2.41. The third kappa shape index (κ3) is 2.74. The number of nitrogens with zero attached hydrogens (tertiary/aromatic N) is 1. The zero-order valence-electron chi connectivity index (χ0n) is 11.5. The van der Waals surface area contributed by atoms with Crippen molar-refractivity contribution >= 4 is 13.3 Å². The van der Waals surface area contributed by atoms with Gasteiger partial charge in [-0.25, -0.2) is 0 Å². The van der Waals surface area contributed by atoms with Crippen molar-refractivity contribution in [1.82, 2.24) is 4.90 Å². The summed E-state index contributed by atoms with van der Waals surface area (Å²) in [6.07, 6.45) is 0. The van der Waals surface area contributed by atoms with E-state index < -0.39 is 8.07 Å². The van der Waals surface area contributed by atoms with Gasteiger partial charge < -0.3 is 4.90 Å². The molecule has 0 heterocycles. The Morgan fingerprint density at radius 1 is 1.00 bits per heavy atom. The quantitative estimate of drug-likeness (QED) is 0.725. The Labute approximate surface area is 101 Å². The van der Waals surface area contributed by atoms with Crippen LogP contribution in [-0.4, -0.2) is 32.7 Å². The lowest BCUT2D eigenvalue weighted by molar-refractivity contribution is 0.301. The van der Waals surface area contributed by atoms with Crippen LogP contribution in [0.5, 0.6) is 0 Å². The monoisotopic (exact) mass is 235 g/mol. The van der Waals surface area contributed by atoms with Crippen molar-refractivity contribution in [3.63, 3.8) is 0 Å². The summed E-state index contributed by atoms with van der Waals surface area (Å²) in [7, 11) is 3.01. The highest BCUT2D eigenvalue weighted by Crippen LogP contribution is 2.20. The van der Waals surface area contributed by atoms with E-state index >= 15 is 0 Å². The fourth-order valence-corrected chi connectivity index (χ4v) is 7.46. The predicted molar refractivity (Wildman–Crippen MR) is 75.9 cm³/mol. The number of hydrogen-bond donors (Lipinski definition) is 0. The standard InChI is InChI=1S/C14H25NSi/c1-12(2)14(15(3)4)16(5,6)13-10-8-7-9-11-13/h7-12,14H,1-6H3. The van der Waals surface area contributed by atoms with E-state index in [9.17, 15) is 0 Å². The van der Waals surface area contributed by atoms with Crippen molar-refractivity contribution in [3.8, 4) is 0 Å². The summed E-state index contributed by atoms with van der Waals surface area (Å²) in [5.41, 5.74) is 0.690. The second-order valence-electron chi connectivity index (χ2n) is 5.74. The second kappa shape index (κ2) is 5.15. The van der Waals surface area contributed by atoms with E-state index in [0.29, 0.717) is 11.6 Å². The molecule has 1 unspecified atom stereocenters. The normalized spacial score (nSPS) is 14.5. The van der Waals surface area contributed by atoms with Crippen molar-refractivity contribution in [1.29, 1.82) is 0 Å². The maximum Gasteiger partial charge on any atom is 0.0990 e. The lowest BCUT2D eigenvalue weighted by Gasteiger charge is -2.40. The molecular weight excluding hydrogens is 210 g/mol. The first-order valence-electron chi connectivity index (χ1n) is 6.09. The van der Waals surface area contributed by atoms with Crippen LogP contribution in [-0.2, 0) is 0 Å². The Kier molecular flexibility index (Phi) is 4.33. The molecule has 0 aliphatic carbocycles. The Morgan fingerprint density at radius 3 is 1.88 bits per heavy atom. The van der Waals surface area contributed by atoms with Gasteiger partial charge in [0.05, 0.1) is 8.07 Å². The van der Waals surface area contributed by atoms with E-state index in [-0.39, 0.29) is 0 Å². The average Bonchev–Trinajstić information content (AvgIpc) is 2.17. The van der Waals surface area contributed by atoms with Gasteiger partial charge in [-0.15, -0.1) is 0 Å². The molecule has 1 nitrogen and oxygen atoms in total. The summed E-state index contributed by atoms with van der Waals surface area (Å²) in [5, 5.41) is 1.56. The largest absolute Gasteiger partial charge is 0.309 e. The topological polar surface area (TPSA) is 3.24 Å². The van der Waals surface area contributed by atoms with E-state index in [2.05, 4.69) is 76.3 Å². The molecule has 0 amide bonds. The predicted octanol–water partition coefficient (Wildman–Crippen LogP) is 2.73. The van der Waals surface area contributed by atoms with E-state index in [1.807, 2.05) is 0 Å². The van der Waals surface area contributed by atoms with Crippen molar-refractivity contribution in [3.05, 3.63) is 30.3 Å². The van der Waals surface area contributed by atoms with Gasteiger partial charge in [0.25, 0.3) is 0 Å². The van der Waals surface area contributed by atoms with Crippen molar-refractivity contribution in [2.45, 2.75) is 32.6 Å². The molecule has 90 valence electrons. The van der Waals surface area contributed by atoms with Gasteiger partial charge in [0.2, 0.25) is 0 Å². The minimum Gasteiger partial charge on any atom is -0.309 e. The molecule has 0 spiro atoms. The summed E-state index contributed by atoms with van der Waals surface area (Å²) in [6, 6.07) is 11.0. The van der Waals surface area contributed by atoms with Gasteiger partial charge in [-0.3, -0.25) is 0 Å². The third-order valence-electron chi connectivity index (χ3n) is 3.45. The SMILES string of the molecule is CC(C)C(N(C)C)[Si](C)(C)c1ccccc1. The zero-order valence-corrected chi connectivity index (χ0v) is 12.5. The van der Waals surface area contributed by atoms with Gasteiger partial charge in [0, 0.05) is 5.67 Å². The lowest BCUT2D eigenvalue weighted by atomic mass is 10.2. The van der Waals surface area contributed by atoms with Crippen LogP contribution < -0.4 is 5.19 Å². The molecule has 1 rings (SSSR count). The molecule has 1 aromatic carbocycles. The molecule has 0 bridgehead atoms. The fraction of sp³-hybridized carbons (Fsp3) is 0.571. The van der Waals surface area contributed by atoms with Crippen LogP contribution >= 0.6 is 0 Å². The van der Waals surface area contributed by atoms with Crippen LogP contribution in [0, 0.1) is 5.92 Å². The maximum atomic E-state index is 2.48. The molecule has 0 fully saturated rings. The molecule has 0 aromatic heterocycles. The minimum absolute atomic E-state index is 0.690. The van der Waals surface area contributed by atoms with Crippen molar-refractivity contribution in [2.75, 3.05) is 14.1 Å².